The minimum absolute atomic E-state index is 0.219. The smallest absolute Gasteiger partial charge is 0.141 e. The van der Waals surface area contributed by atoms with E-state index >= 15 is 0 Å². The average Bonchev–Trinajstić information content (AvgIpc) is 2.85. The molecule has 0 bridgehead atoms. The van der Waals surface area contributed by atoms with Gasteiger partial charge in [0.1, 0.15) is 5.78 Å². The molecule has 1 aromatic heterocycles. The lowest BCUT2D eigenvalue weighted by atomic mass is 9.96. The van der Waals surface area contributed by atoms with Crippen LogP contribution in [0, 0.1) is 6.92 Å². The fourth-order valence-electron chi connectivity index (χ4n) is 1.76. The third-order valence-corrected chi connectivity index (χ3v) is 2.76. The Morgan fingerprint density at radius 1 is 1.38 bits per heavy atom. The highest BCUT2D eigenvalue weighted by molar-refractivity contribution is 5.90. The Labute approximate surface area is 77.2 Å². The first-order valence-corrected chi connectivity index (χ1v) is 4.46. The van der Waals surface area contributed by atoms with Gasteiger partial charge in [-0.1, -0.05) is 0 Å². The van der Waals surface area contributed by atoms with Crippen LogP contribution >= 0.6 is 0 Å². The van der Waals surface area contributed by atoms with Gasteiger partial charge in [0, 0.05) is 12.4 Å². The van der Waals surface area contributed by atoms with Crippen molar-refractivity contribution in [3.8, 4) is 0 Å². The molecule has 1 heterocycles. The lowest BCUT2D eigenvalue weighted by molar-refractivity contribution is -0.119. The normalized spacial score (nSPS) is 18.3. The average molecular weight is 176 g/mol. The van der Waals surface area contributed by atoms with Crippen molar-refractivity contribution in [2.75, 3.05) is 0 Å². The van der Waals surface area contributed by atoms with Crippen molar-refractivity contribution >= 4 is 5.78 Å². The molecule has 3 nitrogen and oxygen atoms in total. The van der Waals surface area contributed by atoms with E-state index in [0.717, 1.165) is 24.2 Å². The Balaban J connectivity index is 2.47. The standard InChI is InChI=1S/C10H12N2O/c1-7-9(12-6-5-11-7)10(3-4-10)8(2)13/h5-6H,3-4H2,1-2H3. The molecule has 0 amide bonds. The van der Waals surface area contributed by atoms with Gasteiger partial charge < -0.3 is 0 Å². The van der Waals surface area contributed by atoms with Crippen molar-refractivity contribution in [1.29, 1.82) is 0 Å². The summed E-state index contributed by atoms with van der Waals surface area (Å²) in [6.45, 7) is 3.55. The molecule has 0 saturated heterocycles. The van der Waals surface area contributed by atoms with E-state index in [-0.39, 0.29) is 11.2 Å². The van der Waals surface area contributed by atoms with Gasteiger partial charge >= 0.3 is 0 Å². The van der Waals surface area contributed by atoms with Gasteiger partial charge in [-0.25, -0.2) is 0 Å². The maximum Gasteiger partial charge on any atom is 0.141 e. The molecule has 1 saturated carbocycles. The van der Waals surface area contributed by atoms with Gasteiger partial charge in [-0.15, -0.1) is 0 Å². The molecule has 0 spiro atoms. The van der Waals surface area contributed by atoms with E-state index < -0.39 is 0 Å². The van der Waals surface area contributed by atoms with Gasteiger partial charge in [0.15, 0.2) is 0 Å². The number of rotatable bonds is 2. The summed E-state index contributed by atoms with van der Waals surface area (Å²) in [5, 5.41) is 0. The topological polar surface area (TPSA) is 42.9 Å². The molecule has 0 atom stereocenters. The van der Waals surface area contributed by atoms with E-state index in [4.69, 9.17) is 0 Å². The van der Waals surface area contributed by atoms with Crippen molar-refractivity contribution in [1.82, 2.24) is 9.97 Å². The zero-order chi connectivity index (χ0) is 9.47. The molecule has 13 heavy (non-hydrogen) atoms. The number of carbonyl (C=O) groups is 1. The van der Waals surface area contributed by atoms with Crippen molar-refractivity contribution in [2.24, 2.45) is 0 Å². The Kier molecular flexibility index (Phi) is 1.68. The highest BCUT2D eigenvalue weighted by Gasteiger charge is 2.51. The molecule has 1 fully saturated rings. The summed E-state index contributed by atoms with van der Waals surface area (Å²) in [5.74, 6) is 0.219. The highest BCUT2D eigenvalue weighted by atomic mass is 16.1. The number of hydrogen-bond acceptors (Lipinski definition) is 3. The van der Waals surface area contributed by atoms with Crippen molar-refractivity contribution < 1.29 is 4.79 Å². The summed E-state index contributed by atoms with van der Waals surface area (Å²) in [7, 11) is 0. The minimum atomic E-state index is -0.279. The van der Waals surface area contributed by atoms with Crippen molar-refractivity contribution in [3.05, 3.63) is 23.8 Å². The number of carbonyl (C=O) groups excluding carboxylic acids is 1. The summed E-state index contributed by atoms with van der Waals surface area (Å²) in [6, 6.07) is 0. The highest BCUT2D eigenvalue weighted by Crippen LogP contribution is 2.48. The van der Waals surface area contributed by atoms with Crippen LogP contribution in [0.5, 0.6) is 0 Å². The monoisotopic (exact) mass is 176 g/mol. The van der Waals surface area contributed by atoms with Crippen LogP contribution in [-0.4, -0.2) is 15.8 Å². The number of Topliss-reactive ketones (excluding diaryl/α,β-unsaturated/α-hetero) is 1. The summed E-state index contributed by atoms with van der Waals surface area (Å²) >= 11 is 0. The van der Waals surface area contributed by atoms with E-state index in [1.54, 1.807) is 19.3 Å². The molecule has 0 radical (unpaired) electrons. The third-order valence-electron chi connectivity index (χ3n) is 2.76. The number of aryl methyl sites for hydroxylation is 1. The Morgan fingerprint density at radius 2 is 2.00 bits per heavy atom. The van der Waals surface area contributed by atoms with Crippen molar-refractivity contribution in [2.45, 2.75) is 32.1 Å². The molecule has 1 aromatic rings. The van der Waals surface area contributed by atoms with E-state index in [0.29, 0.717) is 0 Å². The number of hydrogen-bond donors (Lipinski definition) is 0. The molecule has 2 rings (SSSR count). The molecule has 68 valence electrons. The summed E-state index contributed by atoms with van der Waals surface area (Å²) < 4.78 is 0. The second-order valence-corrected chi connectivity index (χ2v) is 3.63. The van der Waals surface area contributed by atoms with Crippen LogP contribution in [0.2, 0.25) is 0 Å². The van der Waals surface area contributed by atoms with Crippen LogP contribution in [0.15, 0.2) is 12.4 Å². The summed E-state index contributed by atoms with van der Waals surface area (Å²) in [6.07, 6.45) is 5.18. The second kappa shape index (κ2) is 2.62. The second-order valence-electron chi connectivity index (χ2n) is 3.63. The minimum Gasteiger partial charge on any atom is -0.299 e. The molecule has 0 N–H and O–H groups in total. The van der Waals surface area contributed by atoms with Gasteiger partial charge in [-0.2, -0.15) is 0 Å². The maximum absolute atomic E-state index is 11.4. The van der Waals surface area contributed by atoms with Crippen LogP contribution in [0.25, 0.3) is 0 Å². The molecule has 3 heteroatoms. The molecular formula is C10H12N2O. The van der Waals surface area contributed by atoms with E-state index in [1.807, 2.05) is 6.92 Å². The third kappa shape index (κ3) is 1.15. The molecule has 1 aliphatic carbocycles. The van der Waals surface area contributed by atoms with Crippen LogP contribution in [0.3, 0.4) is 0 Å². The first-order chi connectivity index (χ1) is 6.17. The zero-order valence-electron chi connectivity index (χ0n) is 7.87. The largest absolute Gasteiger partial charge is 0.299 e. The van der Waals surface area contributed by atoms with Gasteiger partial charge in [0.05, 0.1) is 16.8 Å². The van der Waals surface area contributed by atoms with E-state index in [2.05, 4.69) is 9.97 Å². The Hall–Kier alpha value is -1.25. The first kappa shape index (κ1) is 8.35. The molecule has 1 aliphatic rings. The lowest BCUT2D eigenvalue weighted by Gasteiger charge is -2.11. The van der Waals surface area contributed by atoms with Crippen LogP contribution in [-0.2, 0) is 10.2 Å². The zero-order valence-corrected chi connectivity index (χ0v) is 7.87. The predicted molar refractivity (Wildman–Crippen MR) is 48.4 cm³/mol. The summed E-state index contributed by atoms with van der Waals surface area (Å²) in [5.41, 5.74) is 1.48. The number of aromatic nitrogens is 2. The molecule has 0 aromatic carbocycles. The number of ketones is 1. The lowest BCUT2D eigenvalue weighted by Crippen LogP contribution is -2.20. The quantitative estimate of drug-likeness (QED) is 0.684. The first-order valence-electron chi connectivity index (χ1n) is 4.46. The Bertz CT molecular complexity index is 356. The van der Waals surface area contributed by atoms with E-state index in [9.17, 15) is 4.79 Å². The van der Waals surface area contributed by atoms with E-state index in [1.165, 1.54) is 0 Å². The van der Waals surface area contributed by atoms with Crippen LogP contribution in [0.1, 0.15) is 31.2 Å². The number of nitrogens with zero attached hydrogens (tertiary/aromatic N) is 2. The maximum atomic E-state index is 11.4. The molecule has 0 aliphatic heterocycles. The molecule has 0 unspecified atom stereocenters. The SMILES string of the molecule is CC(=O)C1(c2nccnc2C)CC1. The summed E-state index contributed by atoms with van der Waals surface area (Å²) in [4.78, 5) is 19.8. The van der Waals surface area contributed by atoms with Crippen LogP contribution < -0.4 is 0 Å². The Morgan fingerprint density at radius 3 is 2.46 bits per heavy atom. The molecular weight excluding hydrogens is 164 g/mol. The van der Waals surface area contributed by atoms with Crippen molar-refractivity contribution in [3.63, 3.8) is 0 Å². The van der Waals surface area contributed by atoms with Crippen LogP contribution in [0.4, 0.5) is 0 Å². The van der Waals surface area contributed by atoms with Gasteiger partial charge in [0.25, 0.3) is 0 Å². The fourth-order valence-corrected chi connectivity index (χ4v) is 1.76. The van der Waals surface area contributed by atoms with Gasteiger partial charge in [0.2, 0.25) is 0 Å². The van der Waals surface area contributed by atoms with Gasteiger partial charge in [-0.3, -0.25) is 14.8 Å². The fraction of sp³-hybridized carbons (Fsp3) is 0.500. The van der Waals surface area contributed by atoms with Gasteiger partial charge in [-0.05, 0) is 26.7 Å². The predicted octanol–water partition coefficient (Wildman–Crippen LogP) is 1.41.